The molecule has 136 valence electrons. The number of para-hydroxylation sites is 1. The standard InChI is InChI=1S/C16H17F2NO4S2/c1-21-8-4-7-19-14(20)12(25-16(19)24)9-10-5-3-6-11(22-2)13(10)23-15(17)18/h3,5-6,9,15H,4,7-8H2,1-2H3/b12-9+. The van der Waals surface area contributed by atoms with Crippen LogP contribution in [0.4, 0.5) is 8.78 Å². The van der Waals surface area contributed by atoms with Crippen LogP contribution in [0.5, 0.6) is 11.5 Å². The SMILES string of the molecule is COCCCN1C(=O)/C(=C\c2cccc(OC)c2OC(F)F)SC1=S. The van der Waals surface area contributed by atoms with E-state index in [1.165, 1.54) is 24.2 Å². The van der Waals surface area contributed by atoms with Gasteiger partial charge in [-0.2, -0.15) is 8.78 Å². The van der Waals surface area contributed by atoms with Gasteiger partial charge < -0.3 is 14.2 Å². The summed E-state index contributed by atoms with van der Waals surface area (Å²) in [5.74, 6) is -0.230. The minimum absolute atomic E-state index is 0.121. The van der Waals surface area contributed by atoms with Crippen molar-refractivity contribution in [2.45, 2.75) is 13.0 Å². The molecule has 0 radical (unpaired) electrons. The molecule has 0 bridgehead atoms. The van der Waals surface area contributed by atoms with Crippen LogP contribution in [-0.2, 0) is 9.53 Å². The quantitative estimate of drug-likeness (QED) is 0.385. The van der Waals surface area contributed by atoms with E-state index in [-0.39, 0.29) is 17.4 Å². The number of ether oxygens (including phenoxy) is 3. The molecule has 1 aliphatic heterocycles. The molecule has 1 amide bonds. The molecule has 1 heterocycles. The highest BCUT2D eigenvalue weighted by molar-refractivity contribution is 8.26. The van der Waals surface area contributed by atoms with Gasteiger partial charge in [-0.05, 0) is 18.6 Å². The number of carbonyl (C=O) groups excluding carboxylic acids is 1. The Morgan fingerprint density at radius 3 is 2.76 bits per heavy atom. The smallest absolute Gasteiger partial charge is 0.387 e. The second-order valence-corrected chi connectivity index (χ2v) is 6.61. The van der Waals surface area contributed by atoms with Crippen LogP contribution in [0.1, 0.15) is 12.0 Å². The van der Waals surface area contributed by atoms with Crippen molar-refractivity contribution in [1.82, 2.24) is 4.90 Å². The molecule has 2 rings (SSSR count). The van der Waals surface area contributed by atoms with Gasteiger partial charge in [0.05, 0.1) is 12.0 Å². The van der Waals surface area contributed by atoms with Gasteiger partial charge in [0.2, 0.25) is 0 Å². The largest absolute Gasteiger partial charge is 0.493 e. The average molecular weight is 389 g/mol. The van der Waals surface area contributed by atoms with Crippen molar-refractivity contribution in [2.75, 3.05) is 27.4 Å². The lowest BCUT2D eigenvalue weighted by Gasteiger charge is -2.14. The summed E-state index contributed by atoms with van der Waals surface area (Å²) in [6, 6.07) is 4.70. The van der Waals surface area contributed by atoms with Gasteiger partial charge in [-0.3, -0.25) is 9.69 Å². The zero-order valence-corrected chi connectivity index (χ0v) is 15.3. The van der Waals surface area contributed by atoms with Crippen LogP contribution >= 0.6 is 24.0 Å². The lowest BCUT2D eigenvalue weighted by Crippen LogP contribution is -2.29. The van der Waals surface area contributed by atoms with E-state index in [2.05, 4.69) is 4.74 Å². The van der Waals surface area contributed by atoms with Gasteiger partial charge in [0.15, 0.2) is 11.5 Å². The number of thioether (sulfide) groups is 1. The Balaban J connectivity index is 2.28. The molecular formula is C16H17F2NO4S2. The van der Waals surface area contributed by atoms with Crippen molar-refractivity contribution >= 4 is 40.3 Å². The van der Waals surface area contributed by atoms with Gasteiger partial charge in [-0.15, -0.1) is 0 Å². The number of carbonyl (C=O) groups is 1. The zero-order valence-electron chi connectivity index (χ0n) is 13.7. The van der Waals surface area contributed by atoms with Gasteiger partial charge in [0.1, 0.15) is 4.32 Å². The zero-order chi connectivity index (χ0) is 18.4. The number of halogens is 2. The number of hydrogen-bond donors (Lipinski definition) is 0. The van der Waals surface area contributed by atoms with Crippen molar-refractivity contribution < 1.29 is 27.8 Å². The first kappa shape index (κ1) is 19.6. The number of rotatable bonds is 8. The normalized spacial score (nSPS) is 16.2. The molecule has 9 heteroatoms. The van der Waals surface area contributed by atoms with Crippen LogP contribution in [0.25, 0.3) is 6.08 Å². The lowest BCUT2D eigenvalue weighted by molar-refractivity contribution is -0.122. The van der Waals surface area contributed by atoms with Gasteiger partial charge in [-0.1, -0.05) is 36.1 Å². The van der Waals surface area contributed by atoms with Crippen molar-refractivity contribution in [1.29, 1.82) is 0 Å². The summed E-state index contributed by atoms with van der Waals surface area (Å²) >= 11 is 6.34. The number of methoxy groups -OCH3 is 2. The molecule has 1 saturated heterocycles. The molecule has 5 nitrogen and oxygen atoms in total. The molecule has 0 aromatic heterocycles. The third-order valence-corrected chi connectivity index (χ3v) is 4.70. The van der Waals surface area contributed by atoms with E-state index in [9.17, 15) is 13.6 Å². The Bertz CT molecular complexity index is 682. The van der Waals surface area contributed by atoms with E-state index >= 15 is 0 Å². The van der Waals surface area contributed by atoms with Crippen LogP contribution in [0, 0.1) is 0 Å². The van der Waals surface area contributed by atoms with E-state index in [0.29, 0.717) is 34.4 Å². The van der Waals surface area contributed by atoms with E-state index in [0.717, 1.165) is 11.8 Å². The fourth-order valence-corrected chi connectivity index (χ4v) is 3.52. The Kier molecular flexibility index (Phi) is 7.15. The third kappa shape index (κ3) is 4.90. The minimum Gasteiger partial charge on any atom is -0.493 e. The number of nitrogens with zero attached hydrogens (tertiary/aromatic N) is 1. The minimum atomic E-state index is -3.01. The first-order valence-corrected chi connectivity index (χ1v) is 8.56. The number of hydrogen-bond acceptors (Lipinski definition) is 6. The molecule has 0 saturated carbocycles. The maximum Gasteiger partial charge on any atom is 0.387 e. The molecule has 1 aromatic carbocycles. The first-order valence-electron chi connectivity index (χ1n) is 7.34. The molecule has 0 N–H and O–H groups in total. The van der Waals surface area contributed by atoms with Crippen LogP contribution in [-0.4, -0.2) is 49.1 Å². The van der Waals surface area contributed by atoms with Crippen molar-refractivity contribution in [3.63, 3.8) is 0 Å². The topological polar surface area (TPSA) is 48.0 Å². The lowest BCUT2D eigenvalue weighted by atomic mass is 10.1. The molecule has 25 heavy (non-hydrogen) atoms. The van der Waals surface area contributed by atoms with Crippen LogP contribution < -0.4 is 9.47 Å². The van der Waals surface area contributed by atoms with Crippen molar-refractivity contribution in [3.05, 3.63) is 28.7 Å². The van der Waals surface area contributed by atoms with Gasteiger partial charge >= 0.3 is 6.61 Å². The molecule has 1 aliphatic rings. The highest BCUT2D eigenvalue weighted by Crippen LogP contribution is 2.38. The predicted octanol–water partition coefficient (Wildman–Crippen LogP) is 3.53. The third-order valence-electron chi connectivity index (χ3n) is 3.33. The monoisotopic (exact) mass is 389 g/mol. The second kappa shape index (κ2) is 9.12. The van der Waals surface area contributed by atoms with Gasteiger partial charge in [0, 0.05) is 25.8 Å². The summed E-state index contributed by atoms with van der Waals surface area (Å²) in [4.78, 5) is 14.3. The summed E-state index contributed by atoms with van der Waals surface area (Å²) in [5, 5.41) is 0. The number of thiocarbonyl (C=S) groups is 1. The van der Waals surface area contributed by atoms with E-state index in [1.807, 2.05) is 0 Å². The van der Waals surface area contributed by atoms with Crippen LogP contribution in [0.15, 0.2) is 23.1 Å². The van der Waals surface area contributed by atoms with Crippen molar-refractivity contribution in [3.8, 4) is 11.5 Å². The number of alkyl halides is 2. The number of benzene rings is 1. The second-order valence-electron chi connectivity index (χ2n) is 4.94. The van der Waals surface area contributed by atoms with Gasteiger partial charge in [0.25, 0.3) is 5.91 Å². The van der Waals surface area contributed by atoms with Crippen LogP contribution in [0.3, 0.4) is 0 Å². The predicted molar refractivity (Wildman–Crippen MR) is 96.0 cm³/mol. The van der Waals surface area contributed by atoms with Gasteiger partial charge in [-0.25, -0.2) is 0 Å². The summed E-state index contributed by atoms with van der Waals surface area (Å²) in [7, 11) is 2.93. The van der Waals surface area contributed by atoms with E-state index < -0.39 is 6.61 Å². The number of amides is 1. The molecule has 0 spiro atoms. The molecule has 0 aliphatic carbocycles. The average Bonchev–Trinajstić information content (AvgIpc) is 2.83. The summed E-state index contributed by atoms with van der Waals surface area (Å²) in [6.45, 7) is -2.06. The molecule has 0 atom stereocenters. The summed E-state index contributed by atoms with van der Waals surface area (Å²) < 4.78 is 40.4. The van der Waals surface area contributed by atoms with E-state index in [1.54, 1.807) is 19.2 Å². The molecule has 0 unspecified atom stereocenters. The molecule has 1 fully saturated rings. The fourth-order valence-electron chi connectivity index (χ4n) is 2.22. The van der Waals surface area contributed by atoms with Crippen LogP contribution in [0.2, 0.25) is 0 Å². The fraction of sp³-hybridized carbons (Fsp3) is 0.375. The highest BCUT2D eigenvalue weighted by Gasteiger charge is 2.32. The van der Waals surface area contributed by atoms with Crippen molar-refractivity contribution in [2.24, 2.45) is 0 Å². The summed E-state index contributed by atoms with van der Waals surface area (Å²) in [6.07, 6.45) is 2.13. The molecular weight excluding hydrogens is 372 g/mol. The molecule has 1 aromatic rings. The maximum atomic E-state index is 12.7. The maximum absolute atomic E-state index is 12.7. The summed E-state index contributed by atoms with van der Waals surface area (Å²) in [5.41, 5.74) is 0.317. The Labute approximate surface area is 153 Å². The Morgan fingerprint density at radius 2 is 2.12 bits per heavy atom. The highest BCUT2D eigenvalue weighted by atomic mass is 32.2. The Morgan fingerprint density at radius 1 is 1.36 bits per heavy atom. The first-order chi connectivity index (χ1) is 12.0. The Hall–Kier alpha value is -1.71. The van der Waals surface area contributed by atoms with E-state index in [4.69, 9.17) is 21.7 Å².